The van der Waals surface area contributed by atoms with Gasteiger partial charge in [0.1, 0.15) is 5.60 Å². The minimum Gasteiger partial charge on any atom is -0.469 e. The van der Waals surface area contributed by atoms with Crippen molar-refractivity contribution < 1.29 is 23.9 Å². The Morgan fingerprint density at radius 1 is 0.917 bits per heavy atom. The van der Waals surface area contributed by atoms with Crippen molar-refractivity contribution in [2.24, 2.45) is 11.8 Å². The molecule has 2 atom stereocenters. The molecule has 1 saturated carbocycles. The zero-order valence-corrected chi connectivity index (χ0v) is 15.0. The van der Waals surface area contributed by atoms with Crippen molar-refractivity contribution in [1.29, 1.82) is 0 Å². The summed E-state index contributed by atoms with van der Waals surface area (Å²) in [5.41, 5.74) is -0.517. The van der Waals surface area contributed by atoms with Crippen LogP contribution in [0, 0.1) is 11.8 Å². The number of amides is 2. The molecule has 2 aliphatic rings. The highest BCUT2D eigenvalue weighted by Gasteiger charge is 2.37. The maximum Gasteiger partial charge on any atom is 0.410 e. The zero-order chi connectivity index (χ0) is 17.9. The number of ether oxygens (including phenoxy) is 2. The van der Waals surface area contributed by atoms with Crippen LogP contribution >= 0.6 is 0 Å². The smallest absolute Gasteiger partial charge is 0.410 e. The van der Waals surface area contributed by atoms with Gasteiger partial charge in [0.25, 0.3) is 0 Å². The summed E-state index contributed by atoms with van der Waals surface area (Å²) in [7, 11) is 1.38. The fraction of sp³-hybridized carbons (Fsp3) is 0.824. The molecular weight excluding hydrogens is 312 g/mol. The first-order valence-electron chi connectivity index (χ1n) is 8.56. The van der Waals surface area contributed by atoms with E-state index < -0.39 is 5.60 Å². The highest BCUT2D eigenvalue weighted by molar-refractivity contribution is 5.81. The summed E-state index contributed by atoms with van der Waals surface area (Å²) in [6.07, 6.45) is 1.67. The SMILES string of the molecule is COC(=O)C1CCC(C(=O)N2CCN(C(=O)OC(C)(C)C)CC2)C1. The lowest BCUT2D eigenvalue weighted by Gasteiger charge is -2.36. The van der Waals surface area contributed by atoms with E-state index in [1.54, 1.807) is 9.80 Å². The molecule has 0 aromatic rings. The Kier molecular flexibility index (Phi) is 5.72. The first-order valence-corrected chi connectivity index (χ1v) is 8.56. The van der Waals surface area contributed by atoms with Crippen LogP contribution < -0.4 is 0 Å². The van der Waals surface area contributed by atoms with Gasteiger partial charge in [0.2, 0.25) is 5.91 Å². The molecule has 0 aromatic carbocycles. The lowest BCUT2D eigenvalue weighted by molar-refractivity contribution is -0.145. The minimum atomic E-state index is -0.517. The van der Waals surface area contributed by atoms with Crippen LogP contribution in [0.5, 0.6) is 0 Å². The quantitative estimate of drug-likeness (QED) is 0.715. The molecule has 0 bridgehead atoms. The summed E-state index contributed by atoms with van der Waals surface area (Å²) >= 11 is 0. The number of carbonyl (C=O) groups is 3. The molecule has 0 N–H and O–H groups in total. The second-order valence-electron chi connectivity index (χ2n) is 7.52. The van der Waals surface area contributed by atoms with Crippen molar-refractivity contribution in [2.75, 3.05) is 33.3 Å². The summed E-state index contributed by atoms with van der Waals surface area (Å²) in [4.78, 5) is 39.7. The van der Waals surface area contributed by atoms with Gasteiger partial charge in [-0.15, -0.1) is 0 Å². The Balaban J connectivity index is 1.81. The Labute approximate surface area is 143 Å². The second kappa shape index (κ2) is 7.40. The predicted octanol–water partition coefficient (Wildman–Crippen LogP) is 1.65. The number of hydrogen-bond donors (Lipinski definition) is 0. The van der Waals surface area contributed by atoms with Gasteiger partial charge in [-0.3, -0.25) is 9.59 Å². The molecule has 7 heteroatoms. The Hall–Kier alpha value is -1.79. The molecule has 136 valence electrons. The molecule has 1 saturated heterocycles. The monoisotopic (exact) mass is 340 g/mol. The van der Waals surface area contributed by atoms with E-state index in [0.29, 0.717) is 39.0 Å². The lowest BCUT2D eigenvalue weighted by Crippen LogP contribution is -2.52. The van der Waals surface area contributed by atoms with Crippen LogP contribution in [0.15, 0.2) is 0 Å². The van der Waals surface area contributed by atoms with E-state index in [9.17, 15) is 14.4 Å². The standard InChI is InChI=1S/C17H28N2O5/c1-17(2,3)24-16(22)19-9-7-18(8-10-19)14(20)12-5-6-13(11-12)15(21)23-4/h12-13H,5-11H2,1-4H3. The molecular formula is C17H28N2O5. The Bertz CT molecular complexity index is 492. The van der Waals surface area contributed by atoms with E-state index >= 15 is 0 Å². The van der Waals surface area contributed by atoms with Gasteiger partial charge in [-0.1, -0.05) is 0 Å². The summed E-state index contributed by atoms with van der Waals surface area (Å²) in [5, 5.41) is 0. The highest BCUT2D eigenvalue weighted by Crippen LogP contribution is 2.33. The fourth-order valence-electron chi connectivity index (χ4n) is 3.28. The first kappa shape index (κ1) is 18.5. The van der Waals surface area contributed by atoms with Crippen LogP contribution in [0.25, 0.3) is 0 Å². The van der Waals surface area contributed by atoms with E-state index in [0.717, 1.165) is 6.42 Å². The van der Waals surface area contributed by atoms with Crippen LogP contribution in [0.3, 0.4) is 0 Å². The molecule has 1 aliphatic heterocycles. The number of nitrogens with zero attached hydrogens (tertiary/aromatic N) is 2. The second-order valence-corrected chi connectivity index (χ2v) is 7.52. The Morgan fingerprint density at radius 3 is 2.00 bits per heavy atom. The van der Waals surface area contributed by atoms with Crippen molar-refractivity contribution in [3.8, 4) is 0 Å². The van der Waals surface area contributed by atoms with Gasteiger partial charge in [-0.2, -0.15) is 0 Å². The molecule has 7 nitrogen and oxygen atoms in total. The topological polar surface area (TPSA) is 76.2 Å². The molecule has 2 amide bonds. The summed E-state index contributed by atoms with van der Waals surface area (Å²) < 4.78 is 10.1. The molecule has 2 fully saturated rings. The molecule has 0 spiro atoms. The molecule has 0 radical (unpaired) electrons. The lowest BCUT2D eigenvalue weighted by atomic mass is 10.0. The van der Waals surface area contributed by atoms with Gasteiger partial charge in [-0.05, 0) is 40.0 Å². The molecule has 0 aromatic heterocycles. The molecule has 1 heterocycles. The molecule has 2 unspecified atom stereocenters. The number of methoxy groups -OCH3 is 1. The Morgan fingerprint density at radius 2 is 1.46 bits per heavy atom. The van der Waals surface area contributed by atoms with Gasteiger partial charge >= 0.3 is 12.1 Å². The van der Waals surface area contributed by atoms with Crippen molar-refractivity contribution in [3.63, 3.8) is 0 Å². The van der Waals surface area contributed by atoms with Crippen LogP contribution in [-0.2, 0) is 19.1 Å². The van der Waals surface area contributed by atoms with Gasteiger partial charge < -0.3 is 19.3 Å². The number of hydrogen-bond acceptors (Lipinski definition) is 5. The van der Waals surface area contributed by atoms with Crippen LogP contribution in [0.1, 0.15) is 40.0 Å². The van der Waals surface area contributed by atoms with Crippen LogP contribution in [0.2, 0.25) is 0 Å². The number of carbonyl (C=O) groups excluding carboxylic acids is 3. The molecule has 2 rings (SSSR count). The van der Waals surface area contributed by atoms with E-state index in [-0.39, 0.29) is 29.8 Å². The summed E-state index contributed by atoms with van der Waals surface area (Å²) in [6.45, 7) is 7.49. The average molecular weight is 340 g/mol. The number of piperazine rings is 1. The van der Waals surface area contributed by atoms with E-state index in [1.165, 1.54) is 7.11 Å². The third-order valence-electron chi connectivity index (χ3n) is 4.56. The molecule has 24 heavy (non-hydrogen) atoms. The van der Waals surface area contributed by atoms with E-state index in [2.05, 4.69) is 0 Å². The van der Waals surface area contributed by atoms with Crippen molar-refractivity contribution >= 4 is 18.0 Å². The summed E-state index contributed by atoms with van der Waals surface area (Å²) in [5.74, 6) is -0.403. The van der Waals surface area contributed by atoms with E-state index in [1.807, 2.05) is 20.8 Å². The maximum atomic E-state index is 12.6. The summed E-state index contributed by atoms with van der Waals surface area (Å²) in [6, 6.07) is 0. The largest absolute Gasteiger partial charge is 0.469 e. The third kappa shape index (κ3) is 4.61. The van der Waals surface area contributed by atoms with Gasteiger partial charge in [-0.25, -0.2) is 4.79 Å². The zero-order valence-electron chi connectivity index (χ0n) is 15.0. The predicted molar refractivity (Wildman–Crippen MR) is 87.2 cm³/mol. The minimum absolute atomic E-state index is 0.0882. The van der Waals surface area contributed by atoms with Crippen molar-refractivity contribution in [3.05, 3.63) is 0 Å². The number of rotatable bonds is 2. The first-order chi connectivity index (χ1) is 11.2. The van der Waals surface area contributed by atoms with Crippen molar-refractivity contribution in [2.45, 2.75) is 45.6 Å². The normalized spacial score (nSPS) is 24.7. The highest BCUT2D eigenvalue weighted by atomic mass is 16.6. The maximum absolute atomic E-state index is 12.6. The van der Waals surface area contributed by atoms with Gasteiger partial charge in [0.05, 0.1) is 13.0 Å². The number of esters is 1. The molecule has 1 aliphatic carbocycles. The average Bonchev–Trinajstić information content (AvgIpc) is 3.02. The van der Waals surface area contributed by atoms with Crippen molar-refractivity contribution in [1.82, 2.24) is 9.80 Å². The fourth-order valence-corrected chi connectivity index (χ4v) is 3.28. The third-order valence-corrected chi connectivity index (χ3v) is 4.56. The van der Waals surface area contributed by atoms with Crippen LogP contribution in [0.4, 0.5) is 4.79 Å². The van der Waals surface area contributed by atoms with Crippen LogP contribution in [-0.4, -0.2) is 66.7 Å². The van der Waals surface area contributed by atoms with Gasteiger partial charge in [0, 0.05) is 32.1 Å². The van der Waals surface area contributed by atoms with E-state index in [4.69, 9.17) is 9.47 Å². The van der Waals surface area contributed by atoms with Gasteiger partial charge in [0.15, 0.2) is 0 Å².